The number of rotatable bonds is 8. The van der Waals surface area contributed by atoms with Crippen LogP contribution in [0.5, 0.6) is 23.0 Å². The molecule has 2 aromatic heterocycles. The first-order valence-electron chi connectivity index (χ1n) is 14.9. The summed E-state index contributed by atoms with van der Waals surface area (Å²) in [6.45, 7) is 0. The quantitative estimate of drug-likeness (QED) is 0.153. The highest BCUT2D eigenvalue weighted by Crippen LogP contribution is 2.69. The normalized spacial score (nSPS) is 13.4. The van der Waals surface area contributed by atoms with Crippen molar-refractivity contribution >= 4 is 69.7 Å². The maximum Gasteiger partial charge on any atom is 0.118 e. The number of hydrogen-bond acceptors (Lipinski definition) is 10. The topological polar surface area (TPSA) is 36.9 Å². The smallest absolute Gasteiger partial charge is 0.118 e. The summed E-state index contributed by atoms with van der Waals surface area (Å²) in [7, 11) is 6.83. The predicted octanol–water partition coefficient (Wildman–Crippen LogP) is 12.7. The number of fused-ring (bicyclic) bond motifs is 2. The van der Waals surface area contributed by atoms with E-state index in [1.54, 1.807) is 28.4 Å². The summed E-state index contributed by atoms with van der Waals surface area (Å²) in [5.41, 5.74) is 4.80. The summed E-state index contributed by atoms with van der Waals surface area (Å²) in [5.74, 6) is 3.43. The predicted molar refractivity (Wildman–Crippen MR) is 207 cm³/mol. The summed E-state index contributed by atoms with van der Waals surface area (Å²) < 4.78 is 24.5. The molecular weight excluding hydrogens is 713 g/mol. The van der Waals surface area contributed by atoms with Gasteiger partial charge in [0, 0.05) is 19.6 Å². The van der Waals surface area contributed by atoms with Gasteiger partial charge in [0.25, 0.3) is 0 Å². The molecule has 0 aliphatic carbocycles. The van der Waals surface area contributed by atoms with Gasteiger partial charge in [-0.05, 0) is 119 Å². The summed E-state index contributed by atoms with van der Waals surface area (Å²) in [6.07, 6.45) is 0. The van der Waals surface area contributed by atoms with E-state index in [4.69, 9.17) is 18.9 Å². The lowest BCUT2D eigenvalue weighted by atomic mass is 10.1. The summed E-state index contributed by atoms with van der Waals surface area (Å²) in [6, 6.07) is 33.7. The third-order valence-corrected chi connectivity index (χ3v) is 16.9. The molecule has 0 amide bonds. The zero-order chi connectivity index (χ0) is 32.8. The molecule has 0 bridgehead atoms. The fourth-order valence-electron chi connectivity index (χ4n) is 5.48. The van der Waals surface area contributed by atoms with Crippen LogP contribution in [0.25, 0.3) is 41.8 Å². The molecule has 4 nitrogen and oxygen atoms in total. The number of benzene rings is 4. The molecule has 0 atom stereocenters. The molecule has 48 heavy (non-hydrogen) atoms. The Kier molecular flexibility index (Phi) is 8.96. The number of methoxy groups -OCH3 is 4. The maximum absolute atomic E-state index is 5.47. The molecule has 0 fully saturated rings. The van der Waals surface area contributed by atoms with E-state index in [1.807, 2.05) is 118 Å². The molecule has 0 spiro atoms. The van der Waals surface area contributed by atoms with Gasteiger partial charge in [-0.1, -0.05) is 47.0 Å². The summed E-state index contributed by atoms with van der Waals surface area (Å²) >= 11 is 11.3. The lowest BCUT2D eigenvalue weighted by Gasteiger charge is -2.07. The maximum atomic E-state index is 5.47. The minimum absolute atomic E-state index is 0.859. The molecule has 10 heteroatoms. The zero-order valence-electron chi connectivity index (χ0n) is 26.3. The molecule has 0 radical (unpaired) electrons. The van der Waals surface area contributed by atoms with Crippen molar-refractivity contribution in [1.82, 2.24) is 0 Å². The van der Waals surface area contributed by atoms with Gasteiger partial charge in [-0.2, -0.15) is 0 Å². The Labute approximate surface area is 304 Å². The molecule has 0 N–H and O–H groups in total. The molecule has 240 valence electrons. The highest BCUT2D eigenvalue weighted by atomic mass is 32.2. The highest BCUT2D eigenvalue weighted by molar-refractivity contribution is 8.30. The van der Waals surface area contributed by atoms with Gasteiger partial charge >= 0.3 is 0 Å². The van der Waals surface area contributed by atoms with E-state index >= 15 is 0 Å². The van der Waals surface area contributed by atoms with Gasteiger partial charge in [-0.15, -0.1) is 22.7 Å². The van der Waals surface area contributed by atoms with E-state index in [9.17, 15) is 0 Å². The monoisotopic (exact) mass is 740 g/mol. The van der Waals surface area contributed by atoms with Crippen LogP contribution >= 0.6 is 69.7 Å². The van der Waals surface area contributed by atoms with Crippen LogP contribution < -0.4 is 18.9 Å². The van der Waals surface area contributed by atoms with E-state index in [0.29, 0.717) is 0 Å². The van der Waals surface area contributed by atoms with Gasteiger partial charge < -0.3 is 18.9 Å². The second kappa shape index (κ2) is 13.5. The van der Waals surface area contributed by atoms with Crippen LogP contribution in [-0.4, -0.2) is 28.4 Å². The number of thiophene rings is 2. The average molecular weight is 741 g/mol. The summed E-state index contributed by atoms with van der Waals surface area (Å²) in [5, 5.41) is 0. The Hall–Kier alpha value is -3.38. The molecule has 0 unspecified atom stereocenters. The molecule has 2 aliphatic rings. The van der Waals surface area contributed by atoms with Crippen LogP contribution in [0.3, 0.4) is 0 Å². The highest BCUT2D eigenvalue weighted by Gasteiger charge is 2.36. The van der Waals surface area contributed by atoms with Crippen molar-refractivity contribution in [2.75, 3.05) is 28.4 Å². The van der Waals surface area contributed by atoms with Gasteiger partial charge in [0.05, 0.1) is 56.4 Å². The Morgan fingerprint density at radius 2 is 0.521 bits per heavy atom. The number of hydrogen-bond donors (Lipinski definition) is 0. The van der Waals surface area contributed by atoms with Crippen molar-refractivity contribution in [2.45, 2.75) is 19.6 Å². The number of thioether (sulfide) groups is 4. The van der Waals surface area contributed by atoms with Gasteiger partial charge in [0.15, 0.2) is 0 Å². The second-order valence-electron chi connectivity index (χ2n) is 10.7. The van der Waals surface area contributed by atoms with E-state index in [0.717, 1.165) is 23.0 Å². The molecule has 8 rings (SSSR count). The van der Waals surface area contributed by atoms with Crippen LogP contribution in [0.15, 0.2) is 125 Å². The third kappa shape index (κ3) is 5.82. The SMILES string of the molecule is COc1ccc(-c2sc(-c3ccc(OC)cc3)c3c2SC(=C2Sc4c(-c5ccc(OC)cc5)sc(-c5ccc(OC)cc5)c4S2)S3)cc1. The molecule has 6 aromatic rings. The average Bonchev–Trinajstić information content (AvgIpc) is 3.92. The van der Waals surface area contributed by atoms with Crippen molar-refractivity contribution in [3.63, 3.8) is 0 Å². The fraction of sp³-hybridized carbons (Fsp3) is 0.105. The Balaban J connectivity index is 1.21. The Morgan fingerprint density at radius 3 is 0.708 bits per heavy atom. The van der Waals surface area contributed by atoms with Crippen molar-refractivity contribution in [3.05, 3.63) is 106 Å². The van der Waals surface area contributed by atoms with Crippen molar-refractivity contribution in [2.24, 2.45) is 0 Å². The van der Waals surface area contributed by atoms with Crippen LogP contribution in [-0.2, 0) is 0 Å². The first-order valence-corrected chi connectivity index (χ1v) is 19.8. The van der Waals surface area contributed by atoms with Gasteiger partial charge in [0.2, 0.25) is 0 Å². The minimum Gasteiger partial charge on any atom is -0.497 e. The van der Waals surface area contributed by atoms with Gasteiger partial charge in [-0.3, -0.25) is 0 Å². The van der Waals surface area contributed by atoms with Crippen LogP contribution in [0.2, 0.25) is 0 Å². The lowest BCUT2D eigenvalue weighted by molar-refractivity contribution is 0.415. The first kappa shape index (κ1) is 31.9. The molecule has 2 aliphatic heterocycles. The van der Waals surface area contributed by atoms with Crippen molar-refractivity contribution in [1.29, 1.82) is 0 Å². The summed E-state index contributed by atoms with van der Waals surface area (Å²) in [4.78, 5) is 10.4. The van der Waals surface area contributed by atoms with Crippen molar-refractivity contribution in [3.8, 4) is 64.8 Å². The van der Waals surface area contributed by atoms with Crippen molar-refractivity contribution < 1.29 is 18.9 Å². The molecule has 0 saturated carbocycles. The van der Waals surface area contributed by atoms with Crippen LogP contribution in [0.4, 0.5) is 0 Å². The van der Waals surface area contributed by atoms with E-state index in [2.05, 4.69) is 48.5 Å². The third-order valence-electron chi connectivity index (χ3n) is 8.00. The van der Waals surface area contributed by atoms with Gasteiger partial charge in [-0.25, -0.2) is 0 Å². The Bertz CT molecular complexity index is 1840. The lowest BCUT2D eigenvalue weighted by Crippen LogP contribution is -1.82. The molecular formula is C38H28O4S6. The van der Waals surface area contributed by atoms with Gasteiger partial charge in [0.1, 0.15) is 23.0 Å². The standard InChI is InChI=1S/C38H28O4S6/c1-39-25-13-5-21(6-14-25)29-33-34(30(43-29)22-7-15-26(40-2)16-8-22)46-37(45-33)38-47-35-31(23-9-17-27(41-3)18-10-23)44-32(36(35)48-38)24-11-19-28(42-4)20-12-24/h5-20H,1-4H3. The molecule has 4 heterocycles. The van der Waals surface area contributed by atoms with E-state index < -0.39 is 0 Å². The van der Waals surface area contributed by atoms with Crippen LogP contribution in [0, 0.1) is 0 Å². The van der Waals surface area contributed by atoms with Crippen LogP contribution in [0.1, 0.15) is 0 Å². The molecule has 0 saturated heterocycles. The zero-order valence-corrected chi connectivity index (χ0v) is 31.2. The molecule has 4 aromatic carbocycles. The Morgan fingerprint density at radius 1 is 0.312 bits per heavy atom. The second-order valence-corrected chi connectivity index (χ2v) is 17.4. The first-order chi connectivity index (χ1) is 23.6. The van der Waals surface area contributed by atoms with E-state index in [-0.39, 0.29) is 0 Å². The minimum atomic E-state index is 0.859. The largest absolute Gasteiger partial charge is 0.497 e. The number of ether oxygens (including phenoxy) is 4. The fourth-order valence-corrected chi connectivity index (χ4v) is 14.5. The van der Waals surface area contributed by atoms with E-state index in [1.165, 1.54) is 69.8 Å².